The number of ether oxygens (including phenoxy) is 1. The van der Waals surface area contributed by atoms with Crippen molar-refractivity contribution in [2.75, 3.05) is 6.61 Å². The second-order valence-corrected chi connectivity index (χ2v) is 3.62. The summed E-state index contributed by atoms with van der Waals surface area (Å²) in [6.07, 6.45) is -3.57. The van der Waals surface area contributed by atoms with Gasteiger partial charge in [-0.1, -0.05) is 0 Å². The number of aromatic nitrogens is 3. The molecule has 2 rings (SSSR count). The molecule has 1 aromatic heterocycles. The van der Waals surface area contributed by atoms with Gasteiger partial charge in [0, 0.05) is 0 Å². The molecule has 1 aromatic rings. The van der Waals surface area contributed by atoms with Crippen molar-refractivity contribution in [1.82, 2.24) is 14.8 Å². The standard InChI is InChI=1S/C8H12N4O5/c9-6(16)7-10-2-11-12(7)8-5(15)4(14)3(1-13)17-8/h2-5,8,13-15H,1H2,(H2,9,16)/t3-,4-,5-,8-/m1/s1. The Hall–Kier alpha value is -1.55. The molecule has 1 aliphatic heterocycles. The SMILES string of the molecule is NC(=O)c1ncnn1[C@@H]1O[C@H](CO)[C@@H](O)[C@H]1O. The number of aliphatic hydroxyl groups is 3. The lowest BCUT2D eigenvalue weighted by molar-refractivity contribution is -0.0595. The number of rotatable bonds is 3. The minimum Gasteiger partial charge on any atom is -0.394 e. The van der Waals surface area contributed by atoms with E-state index in [1.54, 1.807) is 0 Å². The van der Waals surface area contributed by atoms with E-state index in [0.717, 1.165) is 11.0 Å². The number of primary amides is 1. The van der Waals surface area contributed by atoms with Crippen LogP contribution >= 0.6 is 0 Å². The summed E-state index contributed by atoms with van der Waals surface area (Å²) in [6, 6.07) is 0. The number of nitrogens with zero attached hydrogens (tertiary/aromatic N) is 3. The number of hydrogen-bond donors (Lipinski definition) is 4. The van der Waals surface area contributed by atoms with Gasteiger partial charge in [0.2, 0.25) is 5.82 Å². The molecule has 17 heavy (non-hydrogen) atoms. The molecule has 2 heterocycles. The highest BCUT2D eigenvalue weighted by molar-refractivity contribution is 5.88. The predicted molar refractivity (Wildman–Crippen MR) is 51.5 cm³/mol. The van der Waals surface area contributed by atoms with Crippen molar-refractivity contribution in [1.29, 1.82) is 0 Å². The second-order valence-electron chi connectivity index (χ2n) is 3.62. The van der Waals surface area contributed by atoms with Gasteiger partial charge in [-0.2, -0.15) is 5.10 Å². The highest BCUT2D eigenvalue weighted by Crippen LogP contribution is 2.29. The van der Waals surface area contributed by atoms with Gasteiger partial charge in [-0.3, -0.25) is 4.79 Å². The van der Waals surface area contributed by atoms with Crippen LogP contribution in [0.2, 0.25) is 0 Å². The summed E-state index contributed by atoms with van der Waals surface area (Å²) in [5.74, 6) is -1.03. The molecule has 0 bridgehead atoms. The third kappa shape index (κ3) is 1.89. The minimum absolute atomic E-state index is 0.195. The smallest absolute Gasteiger partial charge is 0.286 e. The molecular formula is C8H12N4O5. The van der Waals surface area contributed by atoms with E-state index in [4.69, 9.17) is 15.6 Å². The highest BCUT2D eigenvalue weighted by atomic mass is 16.6. The maximum absolute atomic E-state index is 11.0. The van der Waals surface area contributed by atoms with Gasteiger partial charge in [0.05, 0.1) is 6.61 Å². The van der Waals surface area contributed by atoms with Gasteiger partial charge < -0.3 is 25.8 Å². The first kappa shape index (κ1) is 11.9. The van der Waals surface area contributed by atoms with E-state index in [1.165, 1.54) is 0 Å². The van der Waals surface area contributed by atoms with Crippen LogP contribution in [0.15, 0.2) is 6.33 Å². The Morgan fingerprint density at radius 3 is 2.76 bits per heavy atom. The van der Waals surface area contributed by atoms with E-state index in [9.17, 15) is 15.0 Å². The highest BCUT2D eigenvalue weighted by Gasteiger charge is 2.44. The Bertz CT molecular complexity index is 422. The lowest BCUT2D eigenvalue weighted by Crippen LogP contribution is -2.34. The fraction of sp³-hybridized carbons (Fsp3) is 0.625. The van der Waals surface area contributed by atoms with E-state index in [0.29, 0.717) is 0 Å². The van der Waals surface area contributed by atoms with Gasteiger partial charge >= 0.3 is 0 Å². The molecule has 9 heteroatoms. The van der Waals surface area contributed by atoms with Gasteiger partial charge in [0.25, 0.3) is 5.91 Å². The zero-order chi connectivity index (χ0) is 12.6. The second kappa shape index (κ2) is 4.37. The molecule has 1 aliphatic rings. The molecule has 0 aliphatic carbocycles. The van der Waals surface area contributed by atoms with Crippen molar-refractivity contribution in [3.8, 4) is 0 Å². The maximum Gasteiger partial charge on any atom is 0.286 e. The van der Waals surface area contributed by atoms with Crippen LogP contribution in [0.4, 0.5) is 0 Å². The van der Waals surface area contributed by atoms with Crippen molar-refractivity contribution in [2.24, 2.45) is 5.73 Å². The molecule has 9 nitrogen and oxygen atoms in total. The lowest BCUT2D eigenvalue weighted by atomic mass is 10.1. The third-order valence-electron chi connectivity index (χ3n) is 2.55. The number of carbonyl (C=O) groups is 1. The Kier molecular flexibility index (Phi) is 3.07. The summed E-state index contributed by atoms with van der Waals surface area (Å²) < 4.78 is 6.15. The molecule has 1 saturated heterocycles. The van der Waals surface area contributed by atoms with Gasteiger partial charge in [-0.05, 0) is 0 Å². The van der Waals surface area contributed by atoms with E-state index >= 15 is 0 Å². The molecule has 94 valence electrons. The lowest BCUT2D eigenvalue weighted by Gasteiger charge is -2.15. The summed E-state index contributed by atoms with van der Waals surface area (Å²) >= 11 is 0. The Morgan fingerprint density at radius 1 is 1.53 bits per heavy atom. The van der Waals surface area contributed by atoms with Gasteiger partial charge in [0.15, 0.2) is 6.23 Å². The van der Waals surface area contributed by atoms with Crippen LogP contribution in [0.3, 0.4) is 0 Å². The van der Waals surface area contributed by atoms with Crippen LogP contribution < -0.4 is 5.73 Å². The summed E-state index contributed by atoms with van der Waals surface area (Å²) in [5, 5.41) is 31.9. The largest absolute Gasteiger partial charge is 0.394 e. The summed E-state index contributed by atoms with van der Waals surface area (Å²) in [5.41, 5.74) is 5.06. The molecule has 1 amide bonds. The van der Waals surface area contributed by atoms with Gasteiger partial charge in [-0.25, -0.2) is 9.67 Å². The van der Waals surface area contributed by atoms with Crippen LogP contribution in [-0.4, -0.2) is 60.9 Å². The van der Waals surface area contributed by atoms with E-state index in [1.807, 2.05) is 0 Å². The molecule has 0 spiro atoms. The van der Waals surface area contributed by atoms with Crippen LogP contribution in [0.1, 0.15) is 16.8 Å². The van der Waals surface area contributed by atoms with E-state index < -0.39 is 37.1 Å². The predicted octanol–water partition coefficient (Wildman–Crippen LogP) is -3.01. The van der Waals surface area contributed by atoms with Gasteiger partial charge in [-0.15, -0.1) is 0 Å². The average Bonchev–Trinajstić information content (AvgIpc) is 2.86. The molecule has 0 aromatic carbocycles. The maximum atomic E-state index is 11.0. The number of aliphatic hydroxyl groups excluding tert-OH is 3. The van der Waals surface area contributed by atoms with Crippen LogP contribution in [0, 0.1) is 0 Å². The quantitative estimate of drug-likeness (QED) is 0.443. The Labute approximate surface area is 95.4 Å². The fourth-order valence-corrected chi connectivity index (χ4v) is 1.69. The molecule has 4 atom stereocenters. The number of nitrogens with two attached hydrogens (primary N) is 1. The Balaban J connectivity index is 2.29. The number of amides is 1. The molecule has 5 N–H and O–H groups in total. The van der Waals surface area contributed by atoms with Crippen molar-refractivity contribution >= 4 is 5.91 Å². The molecule has 0 unspecified atom stereocenters. The molecule has 0 radical (unpaired) electrons. The summed E-state index contributed by atoms with van der Waals surface area (Å²) in [4.78, 5) is 14.6. The Morgan fingerprint density at radius 2 is 2.24 bits per heavy atom. The first-order valence-corrected chi connectivity index (χ1v) is 4.88. The number of hydrogen-bond acceptors (Lipinski definition) is 7. The molecule has 0 saturated carbocycles. The van der Waals surface area contributed by atoms with E-state index in [-0.39, 0.29) is 5.82 Å². The topological polar surface area (TPSA) is 144 Å². The van der Waals surface area contributed by atoms with Crippen molar-refractivity contribution in [3.05, 3.63) is 12.2 Å². The monoisotopic (exact) mass is 244 g/mol. The molecular weight excluding hydrogens is 232 g/mol. The van der Waals surface area contributed by atoms with Crippen molar-refractivity contribution < 1.29 is 24.9 Å². The summed E-state index contributed by atoms with van der Waals surface area (Å²) in [6.45, 7) is -0.463. The van der Waals surface area contributed by atoms with Crippen LogP contribution in [0.25, 0.3) is 0 Å². The van der Waals surface area contributed by atoms with Crippen LogP contribution in [-0.2, 0) is 4.74 Å². The fourth-order valence-electron chi connectivity index (χ4n) is 1.69. The number of carbonyl (C=O) groups excluding carboxylic acids is 1. The average molecular weight is 244 g/mol. The third-order valence-corrected chi connectivity index (χ3v) is 2.55. The zero-order valence-corrected chi connectivity index (χ0v) is 8.67. The first-order valence-electron chi connectivity index (χ1n) is 4.88. The molecule has 1 fully saturated rings. The van der Waals surface area contributed by atoms with Gasteiger partial charge in [0.1, 0.15) is 24.6 Å². The normalized spacial score (nSPS) is 32.9. The first-order chi connectivity index (χ1) is 8.06. The minimum atomic E-state index is -1.33. The van der Waals surface area contributed by atoms with Crippen molar-refractivity contribution in [3.63, 3.8) is 0 Å². The van der Waals surface area contributed by atoms with E-state index in [2.05, 4.69) is 10.1 Å². The zero-order valence-electron chi connectivity index (χ0n) is 8.67. The van der Waals surface area contributed by atoms with Crippen molar-refractivity contribution in [2.45, 2.75) is 24.5 Å². The van der Waals surface area contributed by atoms with Crippen LogP contribution in [0.5, 0.6) is 0 Å². The summed E-state index contributed by atoms with van der Waals surface area (Å²) in [7, 11) is 0.